The lowest BCUT2D eigenvalue weighted by atomic mass is 10.1. The van der Waals surface area contributed by atoms with Crippen LogP contribution >= 0.6 is 12.4 Å². The molecule has 2 N–H and O–H groups in total. The van der Waals surface area contributed by atoms with Gasteiger partial charge in [0.15, 0.2) is 5.03 Å². The maximum Gasteiger partial charge on any atom is 0.262 e. The lowest BCUT2D eigenvalue weighted by molar-refractivity contribution is 0.256. The summed E-state index contributed by atoms with van der Waals surface area (Å²) in [6.45, 7) is 2.51. The highest BCUT2D eigenvalue weighted by molar-refractivity contribution is 7.89. The van der Waals surface area contributed by atoms with Crippen LogP contribution in [0.25, 0.3) is 0 Å². The van der Waals surface area contributed by atoms with Gasteiger partial charge in [-0.25, -0.2) is 13.4 Å². The second kappa shape index (κ2) is 6.60. The second-order valence-electron chi connectivity index (χ2n) is 4.45. The van der Waals surface area contributed by atoms with Crippen molar-refractivity contribution in [3.8, 4) is 0 Å². The number of sulfonamides is 1. The van der Waals surface area contributed by atoms with Crippen molar-refractivity contribution >= 4 is 22.4 Å². The molecule has 1 aliphatic heterocycles. The van der Waals surface area contributed by atoms with Crippen LogP contribution in [0.4, 0.5) is 0 Å². The summed E-state index contributed by atoms with van der Waals surface area (Å²) < 4.78 is 26.6. The van der Waals surface area contributed by atoms with E-state index in [1.165, 1.54) is 16.7 Å². The molecule has 0 spiro atoms. The van der Waals surface area contributed by atoms with E-state index in [1.807, 2.05) is 0 Å². The van der Waals surface area contributed by atoms with Crippen molar-refractivity contribution in [2.45, 2.75) is 37.3 Å². The van der Waals surface area contributed by atoms with Gasteiger partial charge >= 0.3 is 0 Å². The standard InChI is InChI=1S/C11H18N4O2S.ClH/c1-9-11(14-6-5-13-9)18(16,17)15-7-3-2-4-10(15)8-12;/h5-6,10H,2-4,7-8,12H2,1H3;1H. The molecule has 1 aromatic heterocycles. The molecule has 0 amide bonds. The Labute approximate surface area is 119 Å². The summed E-state index contributed by atoms with van der Waals surface area (Å²) in [7, 11) is -3.57. The number of hydrogen-bond donors (Lipinski definition) is 1. The van der Waals surface area contributed by atoms with Crippen molar-refractivity contribution < 1.29 is 8.42 Å². The van der Waals surface area contributed by atoms with Crippen molar-refractivity contribution in [3.63, 3.8) is 0 Å². The van der Waals surface area contributed by atoms with Crippen molar-refractivity contribution in [1.29, 1.82) is 0 Å². The van der Waals surface area contributed by atoms with Crippen LogP contribution in [0.15, 0.2) is 17.4 Å². The average Bonchev–Trinajstić information content (AvgIpc) is 2.39. The highest BCUT2D eigenvalue weighted by Gasteiger charge is 2.34. The summed E-state index contributed by atoms with van der Waals surface area (Å²) in [6.07, 6.45) is 5.60. The maximum atomic E-state index is 12.5. The van der Waals surface area contributed by atoms with E-state index in [1.54, 1.807) is 6.92 Å². The maximum absolute atomic E-state index is 12.5. The quantitative estimate of drug-likeness (QED) is 0.888. The molecular formula is C11H19ClN4O2S. The topological polar surface area (TPSA) is 89.2 Å². The van der Waals surface area contributed by atoms with Gasteiger partial charge in [0.05, 0.1) is 5.69 Å². The molecule has 2 heterocycles. The minimum atomic E-state index is -3.57. The predicted molar refractivity (Wildman–Crippen MR) is 74.6 cm³/mol. The molecule has 1 unspecified atom stereocenters. The van der Waals surface area contributed by atoms with Crippen molar-refractivity contribution in [1.82, 2.24) is 14.3 Å². The molecule has 0 saturated carbocycles. The number of piperidine rings is 1. The SMILES string of the molecule is Cc1nccnc1S(=O)(=O)N1CCCCC1CN.Cl. The molecule has 6 nitrogen and oxygen atoms in total. The molecule has 0 bridgehead atoms. The zero-order valence-electron chi connectivity index (χ0n) is 10.8. The molecule has 19 heavy (non-hydrogen) atoms. The van der Waals surface area contributed by atoms with Crippen molar-refractivity contribution in [3.05, 3.63) is 18.1 Å². The zero-order valence-corrected chi connectivity index (χ0v) is 12.5. The summed E-state index contributed by atoms with van der Waals surface area (Å²) in [5, 5.41) is 0.0466. The van der Waals surface area contributed by atoms with E-state index in [0.717, 1.165) is 19.3 Å². The molecular weight excluding hydrogens is 288 g/mol. The normalized spacial score (nSPS) is 20.8. The van der Waals surface area contributed by atoms with Crippen LogP contribution in [-0.4, -0.2) is 41.8 Å². The molecule has 1 saturated heterocycles. The molecule has 8 heteroatoms. The zero-order chi connectivity index (χ0) is 13.2. The predicted octanol–water partition coefficient (Wildman–Crippen LogP) is 0.709. The molecule has 1 fully saturated rings. The van der Waals surface area contributed by atoms with E-state index in [0.29, 0.717) is 18.8 Å². The molecule has 1 aliphatic rings. The van der Waals surface area contributed by atoms with E-state index >= 15 is 0 Å². The fourth-order valence-corrected chi connectivity index (χ4v) is 4.08. The third-order valence-corrected chi connectivity index (χ3v) is 5.22. The van der Waals surface area contributed by atoms with Crippen LogP contribution in [0.1, 0.15) is 25.0 Å². The molecule has 0 aromatic carbocycles. The minimum Gasteiger partial charge on any atom is -0.329 e. The number of nitrogens with two attached hydrogens (primary N) is 1. The Balaban J connectivity index is 0.00000180. The van der Waals surface area contributed by atoms with Gasteiger partial charge in [0, 0.05) is 31.5 Å². The fourth-order valence-electron chi connectivity index (χ4n) is 2.29. The fraction of sp³-hybridized carbons (Fsp3) is 0.636. The largest absolute Gasteiger partial charge is 0.329 e. The van der Waals surface area contributed by atoms with Crippen molar-refractivity contribution in [2.24, 2.45) is 5.73 Å². The smallest absolute Gasteiger partial charge is 0.262 e. The van der Waals surface area contributed by atoms with E-state index in [-0.39, 0.29) is 23.5 Å². The Bertz CT molecular complexity index is 523. The van der Waals surface area contributed by atoms with E-state index in [2.05, 4.69) is 9.97 Å². The Morgan fingerprint density at radius 1 is 1.37 bits per heavy atom. The van der Waals surface area contributed by atoms with Crippen LogP contribution in [0.2, 0.25) is 0 Å². The van der Waals surface area contributed by atoms with Gasteiger partial charge in [0.2, 0.25) is 0 Å². The van der Waals surface area contributed by atoms with Crippen LogP contribution in [0.5, 0.6) is 0 Å². The third kappa shape index (κ3) is 3.22. The van der Waals surface area contributed by atoms with Gasteiger partial charge in [0.1, 0.15) is 0 Å². The van der Waals surface area contributed by atoms with Crippen LogP contribution in [-0.2, 0) is 10.0 Å². The Hall–Kier alpha value is -0.760. The van der Waals surface area contributed by atoms with E-state index in [9.17, 15) is 8.42 Å². The van der Waals surface area contributed by atoms with Crippen LogP contribution in [0.3, 0.4) is 0 Å². The minimum absolute atomic E-state index is 0. The Kier molecular flexibility index (Phi) is 5.66. The first-order valence-corrected chi connectivity index (χ1v) is 7.51. The average molecular weight is 307 g/mol. The van der Waals surface area contributed by atoms with Gasteiger partial charge in [-0.2, -0.15) is 4.31 Å². The molecule has 2 rings (SSSR count). The van der Waals surface area contributed by atoms with Gasteiger partial charge in [-0.3, -0.25) is 4.98 Å². The Morgan fingerprint density at radius 3 is 2.68 bits per heavy atom. The monoisotopic (exact) mass is 306 g/mol. The Morgan fingerprint density at radius 2 is 2.05 bits per heavy atom. The number of aromatic nitrogens is 2. The van der Waals surface area contributed by atoms with Crippen LogP contribution < -0.4 is 5.73 Å². The number of aryl methyl sites for hydroxylation is 1. The molecule has 0 aliphatic carbocycles. The molecule has 108 valence electrons. The highest BCUT2D eigenvalue weighted by Crippen LogP contribution is 2.24. The van der Waals surface area contributed by atoms with Gasteiger partial charge in [-0.15, -0.1) is 12.4 Å². The van der Waals surface area contributed by atoms with Crippen molar-refractivity contribution in [2.75, 3.05) is 13.1 Å². The van der Waals surface area contributed by atoms with Gasteiger partial charge in [-0.05, 0) is 19.8 Å². The number of nitrogens with zero attached hydrogens (tertiary/aromatic N) is 3. The van der Waals surface area contributed by atoms with Crippen LogP contribution in [0, 0.1) is 6.92 Å². The lowest BCUT2D eigenvalue weighted by Gasteiger charge is -2.33. The number of halogens is 1. The number of hydrogen-bond acceptors (Lipinski definition) is 5. The summed E-state index contributed by atoms with van der Waals surface area (Å²) in [6, 6.07) is -0.120. The van der Waals surface area contributed by atoms with E-state index in [4.69, 9.17) is 5.73 Å². The van der Waals surface area contributed by atoms with Gasteiger partial charge in [0.25, 0.3) is 10.0 Å². The molecule has 1 aromatic rings. The third-order valence-electron chi connectivity index (χ3n) is 3.23. The summed E-state index contributed by atoms with van der Waals surface area (Å²) in [4.78, 5) is 7.95. The second-order valence-corrected chi connectivity index (χ2v) is 6.25. The number of rotatable bonds is 3. The first-order valence-electron chi connectivity index (χ1n) is 6.07. The molecule has 1 atom stereocenters. The van der Waals surface area contributed by atoms with Gasteiger partial charge in [-0.1, -0.05) is 6.42 Å². The summed E-state index contributed by atoms with van der Waals surface area (Å²) in [5.41, 5.74) is 6.09. The highest BCUT2D eigenvalue weighted by atomic mass is 35.5. The summed E-state index contributed by atoms with van der Waals surface area (Å²) in [5.74, 6) is 0. The molecule has 0 radical (unpaired) electrons. The first kappa shape index (κ1) is 16.3. The first-order chi connectivity index (χ1) is 8.57. The lowest BCUT2D eigenvalue weighted by Crippen LogP contribution is -2.47. The summed E-state index contributed by atoms with van der Waals surface area (Å²) >= 11 is 0. The van der Waals surface area contributed by atoms with Gasteiger partial charge < -0.3 is 5.73 Å². The van der Waals surface area contributed by atoms with E-state index < -0.39 is 10.0 Å².